The number of ether oxygens (including phenoxy) is 3. The Bertz CT molecular complexity index is 1070. The third-order valence-electron chi connectivity index (χ3n) is 5.55. The minimum Gasteiger partial charge on any atom is -0.497 e. The van der Waals surface area contributed by atoms with Gasteiger partial charge in [-0.3, -0.25) is 9.59 Å². The van der Waals surface area contributed by atoms with E-state index in [0.29, 0.717) is 19.3 Å². The van der Waals surface area contributed by atoms with Crippen LogP contribution in [0.4, 0.5) is 0 Å². The van der Waals surface area contributed by atoms with E-state index < -0.39 is 12.0 Å². The molecule has 3 aromatic carbocycles. The molecule has 0 aliphatic carbocycles. The van der Waals surface area contributed by atoms with E-state index in [0.717, 1.165) is 27.6 Å². The average Bonchev–Trinajstić information content (AvgIpc) is 2.85. The number of hydrogen-bond donors (Lipinski definition) is 1. The molecule has 0 aliphatic rings. The van der Waals surface area contributed by atoms with Crippen LogP contribution >= 0.6 is 0 Å². The van der Waals surface area contributed by atoms with Crippen LogP contribution in [0, 0.1) is 0 Å². The molecule has 0 amide bonds. The second kappa shape index (κ2) is 12.0. The number of methoxy groups -OCH3 is 1. The van der Waals surface area contributed by atoms with Crippen LogP contribution in [0.3, 0.4) is 0 Å². The molecule has 174 valence electrons. The first-order valence-corrected chi connectivity index (χ1v) is 11.2. The summed E-state index contributed by atoms with van der Waals surface area (Å²) in [5.41, 5.74) is 7.81. The molecule has 3 rings (SSSR count). The van der Waals surface area contributed by atoms with Crippen LogP contribution in [0.2, 0.25) is 0 Å². The van der Waals surface area contributed by atoms with E-state index in [1.807, 2.05) is 73.7 Å². The van der Waals surface area contributed by atoms with E-state index in [-0.39, 0.29) is 25.1 Å². The van der Waals surface area contributed by atoms with Crippen LogP contribution in [-0.2, 0) is 25.5 Å². The zero-order valence-electron chi connectivity index (χ0n) is 19.2. The molecule has 0 saturated carbocycles. The number of nitrogens with two attached hydrogens (primary N) is 1. The van der Waals surface area contributed by atoms with Gasteiger partial charge in [0.25, 0.3) is 0 Å². The van der Waals surface area contributed by atoms with Crippen molar-refractivity contribution in [3.8, 4) is 5.75 Å². The van der Waals surface area contributed by atoms with Crippen molar-refractivity contribution < 1.29 is 23.8 Å². The van der Waals surface area contributed by atoms with Crippen molar-refractivity contribution in [1.29, 1.82) is 0 Å². The third-order valence-corrected chi connectivity index (χ3v) is 5.55. The summed E-state index contributed by atoms with van der Waals surface area (Å²) in [5.74, 6) is -0.264. The van der Waals surface area contributed by atoms with Crippen molar-refractivity contribution in [1.82, 2.24) is 0 Å². The SMILES string of the molecule is COc1ccc2cc(C(C)C(=O)OCCCCOC(=O)[C@@H](N)Cc3ccccc3)ccc2c1. The van der Waals surface area contributed by atoms with Crippen LogP contribution < -0.4 is 10.5 Å². The lowest BCUT2D eigenvalue weighted by Gasteiger charge is -2.14. The topological polar surface area (TPSA) is 87.9 Å². The van der Waals surface area contributed by atoms with Gasteiger partial charge in [0.15, 0.2) is 0 Å². The summed E-state index contributed by atoms with van der Waals surface area (Å²) in [6.07, 6.45) is 1.65. The second-order valence-electron chi connectivity index (χ2n) is 8.03. The molecule has 2 N–H and O–H groups in total. The highest BCUT2D eigenvalue weighted by Gasteiger charge is 2.18. The summed E-state index contributed by atoms with van der Waals surface area (Å²) in [7, 11) is 1.64. The highest BCUT2D eigenvalue weighted by Crippen LogP contribution is 2.25. The van der Waals surface area contributed by atoms with Gasteiger partial charge in [-0.25, -0.2) is 0 Å². The Morgan fingerprint density at radius 2 is 1.48 bits per heavy atom. The molecule has 0 bridgehead atoms. The van der Waals surface area contributed by atoms with Crippen molar-refractivity contribution >= 4 is 22.7 Å². The highest BCUT2D eigenvalue weighted by molar-refractivity contribution is 5.86. The minimum atomic E-state index is -0.686. The molecule has 33 heavy (non-hydrogen) atoms. The van der Waals surface area contributed by atoms with E-state index >= 15 is 0 Å². The monoisotopic (exact) mass is 449 g/mol. The van der Waals surface area contributed by atoms with E-state index in [1.165, 1.54) is 0 Å². The predicted molar refractivity (Wildman–Crippen MR) is 128 cm³/mol. The van der Waals surface area contributed by atoms with Gasteiger partial charge in [0.2, 0.25) is 0 Å². The first-order valence-electron chi connectivity index (χ1n) is 11.2. The Balaban J connectivity index is 1.36. The molecule has 0 heterocycles. The van der Waals surface area contributed by atoms with Crippen molar-refractivity contribution in [2.24, 2.45) is 5.73 Å². The Kier molecular flexibility index (Phi) is 8.84. The summed E-state index contributed by atoms with van der Waals surface area (Å²) in [6, 6.07) is 20.7. The summed E-state index contributed by atoms with van der Waals surface area (Å²) < 4.78 is 15.9. The molecule has 0 saturated heterocycles. The van der Waals surface area contributed by atoms with Gasteiger partial charge in [0.1, 0.15) is 11.8 Å². The number of carbonyl (C=O) groups excluding carboxylic acids is 2. The average molecular weight is 450 g/mol. The molecular weight excluding hydrogens is 418 g/mol. The Morgan fingerprint density at radius 3 is 2.18 bits per heavy atom. The lowest BCUT2D eigenvalue weighted by Crippen LogP contribution is -2.34. The lowest BCUT2D eigenvalue weighted by atomic mass is 9.98. The van der Waals surface area contributed by atoms with E-state index in [1.54, 1.807) is 7.11 Å². The van der Waals surface area contributed by atoms with Gasteiger partial charge in [0, 0.05) is 0 Å². The Hall–Kier alpha value is -3.38. The molecule has 6 heteroatoms. The molecule has 1 unspecified atom stereocenters. The quantitative estimate of drug-likeness (QED) is 0.345. The fourth-order valence-corrected chi connectivity index (χ4v) is 3.51. The Labute approximate surface area is 194 Å². The van der Waals surface area contributed by atoms with Gasteiger partial charge in [-0.15, -0.1) is 0 Å². The third kappa shape index (κ3) is 7.05. The van der Waals surface area contributed by atoms with Crippen LogP contribution in [0.1, 0.15) is 36.8 Å². The van der Waals surface area contributed by atoms with Gasteiger partial charge in [-0.1, -0.05) is 54.6 Å². The van der Waals surface area contributed by atoms with Crippen molar-refractivity contribution in [2.75, 3.05) is 20.3 Å². The molecule has 6 nitrogen and oxygen atoms in total. The number of esters is 2. The number of unbranched alkanes of at least 4 members (excludes halogenated alkanes) is 1. The molecule has 0 spiro atoms. The normalized spacial score (nSPS) is 12.7. The van der Waals surface area contributed by atoms with E-state index in [4.69, 9.17) is 19.9 Å². The van der Waals surface area contributed by atoms with Crippen molar-refractivity contribution in [2.45, 2.75) is 38.1 Å². The number of benzene rings is 3. The fraction of sp³-hybridized carbons (Fsp3) is 0.333. The Morgan fingerprint density at radius 1 is 0.848 bits per heavy atom. The molecule has 2 atom stereocenters. The molecule has 3 aromatic rings. The van der Waals surface area contributed by atoms with Crippen LogP contribution in [0.5, 0.6) is 5.75 Å². The van der Waals surface area contributed by atoms with Crippen LogP contribution in [0.15, 0.2) is 66.7 Å². The zero-order chi connectivity index (χ0) is 23.6. The fourth-order valence-electron chi connectivity index (χ4n) is 3.51. The van der Waals surface area contributed by atoms with Gasteiger partial charge in [0.05, 0.1) is 26.2 Å². The minimum absolute atomic E-state index is 0.253. The maximum atomic E-state index is 12.4. The zero-order valence-corrected chi connectivity index (χ0v) is 19.2. The number of carbonyl (C=O) groups is 2. The summed E-state index contributed by atoms with van der Waals surface area (Å²) in [6.45, 7) is 2.37. The molecule has 0 fully saturated rings. The summed E-state index contributed by atoms with van der Waals surface area (Å²) in [5, 5.41) is 2.09. The van der Waals surface area contributed by atoms with Crippen molar-refractivity contribution in [3.63, 3.8) is 0 Å². The standard InChI is InChI=1S/C27H31NO5/c1-19(21-10-11-23-18-24(31-2)13-12-22(23)17-21)26(29)32-14-6-7-15-33-27(30)25(28)16-20-8-4-3-5-9-20/h3-5,8-13,17-19,25H,6-7,14-16,28H2,1-2H3/t19?,25-/m0/s1. The number of rotatable bonds is 11. The largest absolute Gasteiger partial charge is 0.497 e. The van der Waals surface area contributed by atoms with Gasteiger partial charge in [-0.05, 0) is 60.2 Å². The van der Waals surface area contributed by atoms with Gasteiger partial charge < -0.3 is 19.9 Å². The first-order chi connectivity index (χ1) is 16.0. The van der Waals surface area contributed by atoms with E-state index in [9.17, 15) is 9.59 Å². The van der Waals surface area contributed by atoms with Crippen molar-refractivity contribution in [3.05, 3.63) is 77.9 Å². The summed E-state index contributed by atoms with van der Waals surface area (Å²) >= 11 is 0. The highest BCUT2D eigenvalue weighted by atomic mass is 16.5. The summed E-state index contributed by atoms with van der Waals surface area (Å²) in [4.78, 5) is 24.5. The lowest BCUT2D eigenvalue weighted by molar-refractivity contribution is -0.147. The first kappa shape index (κ1) is 24.3. The van der Waals surface area contributed by atoms with Gasteiger partial charge >= 0.3 is 11.9 Å². The van der Waals surface area contributed by atoms with E-state index in [2.05, 4.69) is 0 Å². The molecule has 0 aromatic heterocycles. The number of hydrogen-bond acceptors (Lipinski definition) is 6. The second-order valence-corrected chi connectivity index (χ2v) is 8.03. The predicted octanol–water partition coefficient (Wildman–Crippen LogP) is 4.39. The molecular formula is C27H31NO5. The molecule has 0 radical (unpaired) electrons. The number of fused-ring (bicyclic) bond motifs is 1. The van der Waals surface area contributed by atoms with Crippen LogP contribution in [-0.4, -0.2) is 38.3 Å². The maximum Gasteiger partial charge on any atom is 0.323 e. The molecule has 0 aliphatic heterocycles. The maximum absolute atomic E-state index is 12.4. The van der Waals surface area contributed by atoms with Crippen LogP contribution in [0.25, 0.3) is 10.8 Å². The smallest absolute Gasteiger partial charge is 0.323 e. The van der Waals surface area contributed by atoms with Gasteiger partial charge in [-0.2, -0.15) is 0 Å².